The van der Waals surface area contributed by atoms with Crippen LogP contribution < -0.4 is 10.5 Å². The number of nitrogens with zero attached hydrogens (tertiary/aromatic N) is 1. The van der Waals surface area contributed by atoms with Gasteiger partial charge in [-0.1, -0.05) is 13.8 Å². The molecule has 0 unspecified atom stereocenters. The number of nitrogens with two attached hydrogens (primary N) is 1. The van der Waals surface area contributed by atoms with Crippen LogP contribution in [-0.4, -0.2) is 32.4 Å². The van der Waals surface area contributed by atoms with E-state index in [0.29, 0.717) is 18.0 Å². The van der Waals surface area contributed by atoms with Crippen LogP contribution in [0.1, 0.15) is 33.6 Å². The van der Waals surface area contributed by atoms with Crippen molar-refractivity contribution in [2.75, 3.05) is 19.4 Å². The molecule has 0 bridgehead atoms. The highest BCUT2D eigenvalue weighted by Crippen LogP contribution is 2.30. The molecule has 2 N–H and O–H groups in total. The van der Waals surface area contributed by atoms with E-state index >= 15 is 0 Å². The van der Waals surface area contributed by atoms with Crippen LogP contribution in [0.25, 0.3) is 0 Å². The van der Waals surface area contributed by atoms with E-state index in [1.54, 1.807) is 19.2 Å². The Bertz CT molecular complexity index is 539. The van der Waals surface area contributed by atoms with Crippen molar-refractivity contribution in [3.8, 4) is 5.75 Å². The van der Waals surface area contributed by atoms with Crippen LogP contribution in [0.3, 0.4) is 0 Å². The molecule has 0 heterocycles. The quantitative estimate of drug-likeness (QED) is 0.785. The highest BCUT2D eigenvalue weighted by molar-refractivity contribution is 7.89. The Morgan fingerprint density at radius 1 is 1.25 bits per heavy atom. The zero-order valence-corrected chi connectivity index (χ0v) is 13.4. The number of nitrogen functional groups attached to an aromatic ring is 1. The van der Waals surface area contributed by atoms with Gasteiger partial charge in [-0.25, -0.2) is 8.42 Å². The third kappa shape index (κ3) is 3.43. The maximum Gasteiger partial charge on any atom is 0.246 e. The summed E-state index contributed by atoms with van der Waals surface area (Å²) >= 11 is 0. The maximum absolute atomic E-state index is 12.7. The molecule has 0 saturated carbocycles. The zero-order valence-electron chi connectivity index (χ0n) is 12.6. The molecular formula is C14H24N2O3S. The first-order valence-corrected chi connectivity index (χ1v) is 8.32. The Labute approximate surface area is 121 Å². The Morgan fingerprint density at radius 3 is 2.35 bits per heavy atom. The molecule has 5 nitrogen and oxygen atoms in total. The smallest absolute Gasteiger partial charge is 0.246 e. The van der Waals surface area contributed by atoms with Crippen molar-refractivity contribution in [3.63, 3.8) is 0 Å². The predicted molar refractivity (Wildman–Crippen MR) is 81.3 cm³/mol. The van der Waals surface area contributed by atoms with Gasteiger partial charge in [-0.15, -0.1) is 0 Å². The summed E-state index contributed by atoms with van der Waals surface area (Å²) in [5.41, 5.74) is 6.13. The topological polar surface area (TPSA) is 72.6 Å². The summed E-state index contributed by atoms with van der Waals surface area (Å²) in [6.07, 6.45) is 1.52. The minimum absolute atomic E-state index is 0.0316. The summed E-state index contributed by atoms with van der Waals surface area (Å²) in [5, 5.41) is 0. The fourth-order valence-corrected chi connectivity index (χ4v) is 3.82. The summed E-state index contributed by atoms with van der Waals surface area (Å²) < 4.78 is 32.3. The first-order chi connectivity index (χ1) is 9.38. The van der Waals surface area contributed by atoms with Gasteiger partial charge in [0, 0.05) is 18.8 Å². The molecule has 0 atom stereocenters. The van der Waals surface area contributed by atoms with Gasteiger partial charge in [0.1, 0.15) is 10.6 Å². The molecule has 0 aromatic heterocycles. The van der Waals surface area contributed by atoms with Crippen molar-refractivity contribution in [2.45, 2.75) is 44.6 Å². The number of hydrogen-bond donors (Lipinski definition) is 1. The fraction of sp³-hybridized carbons (Fsp3) is 0.571. The van der Waals surface area contributed by atoms with E-state index in [1.807, 2.05) is 20.8 Å². The molecule has 0 radical (unpaired) electrons. The molecule has 1 aromatic rings. The van der Waals surface area contributed by atoms with Crippen LogP contribution in [0.15, 0.2) is 23.1 Å². The summed E-state index contributed by atoms with van der Waals surface area (Å²) in [5.74, 6) is 0.347. The summed E-state index contributed by atoms with van der Waals surface area (Å²) in [7, 11) is -2.01. The number of hydrogen-bond acceptors (Lipinski definition) is 4. The van der Waals surface area contributed by atoms with Crippen LogP contribution >= 0.6 is 0 Å². The average Bonchev–Trinajstić information content (AvgIpc) is 2.42. The average molecular weight is 300 g/mol. The number of ether oxygens (including phenoxy) is 1. The standard InChI is InChI=1S/C14H24N2O3S/c1-5-12(6-2)16(4)20(17,18)14-10-11(15)8-9-13(14)19-7-3/h8-10,12H,5-7,15H2,1-4H3. The first kappa shape index (κ1) is 16.8. The van der Waals surface area contributed by atoms with Gasteiger partial charge in [0.25, 0.3) is 0 Å². The minimum atomic E-state index is -3.61. The molecule has 1 rings (SSSR count). The molecule has 20 heavy (non-hydrogen) atoms. The van der Waals surface area contributed by atoms with Crippen molar-refractivity contribution in [1.29, 1.82) is 0 Å². The van der Waals surface area contributed by atoms with Crippen molar-refractivity contribution in [1.82, 2.24) is 4.31 Å². The second-order valence-corrected chi connectivity index (χ2v) is 6.60. The van der Waals surface area contributed by atoms with E-state index in [-0.39, 0.29) is 10.9 Å². The monoisotopic (exact) mass is 300 g/mol. The number of rotatable bonds is 7. The first-order valence-electron chi connectivity index (χ1n) is 6.88. The minimum Gasteiger partial charge on any atom is -0.492 e. The Kier molecular flexibility index (Phi) is 5.83. The number of anilines is 1. The zero-order chi connectivity index (χ0) is 15.3. The highest BCUT2D eigenvalue weighted by atomic mass is 32.2. The Balaban J connectivity index is 3.30. The number of benzene rings is 1. The van der Waals surface area contributed by atoms with Gasteiger partial charge in [-0.3, -0.25) is 0 Å². The molecule has 0 spiro atoms. The van der Waals surface area contributed by atoms with Gasteiger partial charge in [0.05, 0.1) is 6.61 Å². The van der Waals surface area contributed by atoms with E-state index in [1.165, 1.54) is 10.4 Å². The van der Waals surface area contributed by atoms with Gasteiger partial charge in [-0.05, 0) is 38.0 Å². The van der Waals surface area contributed by atoms with E-state index < -0.39 is 10.0 Å². The lowest BCUT2D eigenvalue weighted by molar-refractivity contribution is 0.323. The number of sulfonamides is 1. The SMILES string of the molecule is CCOc1ccc(N)cc1S(=O)(=O)N(C)C(CC)CC. The van der Waals surface area contributed by atoms with E-state index in [9.17, 15) is 8.42 Å². The van der Waals surface area contributed by atoms with E-state index in [0.717, 1.165) is 12.8 Å². The van der Waals surface area contributed by atoms with Crippen molar-refractivity contribution in [2.24, 2.45) is 0 Å². The van der Waals surface area contributed by atoms with Crippen LogP contribution in [-0.2, 0) is 10.0 Å². The van der Waals surface area contributed by atoms with Gasteiger partial charge in [0.2, 0.25) is 10.0 Å². The lowest BCUT2D eigenvalue weighted by Gasteiger charge is -2.26. The normalized spacial score (nSPS) is 12.1. The highest BCUT2D eigenvalue weighted by Gasteiger charge is 2.29. The lowest BCUT2D eigenvalue weighted by Crippen LogP contribution is -2.36. The molecule has 0 saturated heterocycles. The molecule has 0 fully saturated rings. The Hall–Kier alpha value is -1.27. The predicted octanol–water partition coefficient (Wildman–Crippen LogP) is 2.48. The van der Waals surface area contributed by atoms with Crippen molar-refractivity contribution in [3.05, 3.63) is 18.2 Å². The fourth-order valence-electron chi connectivity index (χ4n) is 2.16. The largest absolute Gasteiger partial charge is 0.492 e. The maximum atomic E-state index is 12.7. The second-order valence-electron chi connectivity index (χ2n) is 4.63. The van der Waals surface area contributed by atoms with Gasteiger partial charge in [0.15, 0.2) is 0 Å². The van der Waals surface area contributed by atoms with Crippen molar-refractivity contribution >= 4 is 15.7 Å². The lowest BCUT2D eigenvalue weighted by atomic mass is 10.2. The molecule has 1 aromatic carbocycles. The molecular weight excluding hydrogens is 276 g/mol. The van der Waals surface area contributed by atoms with Crippen LogP contribution in [0.2, 0.25) is 0 Å². The van der Waals surface area contributed by atoms with Crippen molar-refractivity contribution < 1.29 is 13.2 Å². The Morgan fingerprint density at radius 2 is 1.85 bits per heavy atom. The summed E-state index contributed by atoms with van der Waals surface area (Å²) in [6.45, 7) is 6.17. The molecule has 0 aliphatic carbocycles. The summed E-state index contributed by atoms with van der Waals surface area (Å²) in [4.78, 5) is 0.133. The second kappa shape index (κ2) is 6.95. The molecule has 0 aliphatic heterocycles. The van der Waals surface area contributed by atoms with Gasteiger partial charge >= 0.3 is 0 Å². The molecule has 0 amide bonds. The summed E-state index contributed by atoms with van der Waals surface area (Å²) in [6, 6.07) is 4.67. The van der Waals surface area contributed by atoms with Gasteiger partial charge in [-0.2, -0.15) is 4.31 Å². The van der Waals surface area contributed by atoms with Gasteiger partial charge < -0.3 is 10.5 Å². The molecule has 114 valence electrons. The third-order valence-corrected chi connectivity index (χ3v) is 5.31. The van der Waals surface area contributed by atoms with E-state index in [4.69, 9.17) is 10.5 Å². The third-order valence-electron chi connectivity index (χ3n) is 3.38. The van der Waals surface area contributed by atoms with Crippen LogP contribution in [0.4, 0.5) is 5.69 Å². The molecule has 0 aliphatic rings. The van der Waals surface area contributed by atoms with Crippen LogP contribution in [0.5, 0.6) is 5.75 Å². The van der Waals surface area contributed by atoms with Crippen LogP contribution in [0, 0.1) is 0 Å². The van der Waals surface area contributed by atoms with E-state index in [2.05, 4.69) is 0 Å². The molecule has 6 heteroatoms.